The number of carbonyl (C=O) groups is 3. The van der Waals surface area contributed by atoms with Gasteiger partial charge in [-0.05, 0) is 118 Å². The zero-order chi connectivity index (χ0) is 47.3. The molecule has 5 N–H and O–H groups in total. The van der Waals surface area contributed by atoms with E-state index in [9.17, 15) is 19.5 Å². The number of aliphatic hydroxyl groups excluding tert-OH is 1. The lowest BCUT2D eigenvalue weighted by molar-refractivity contribution is -0.143. The van der Waals surface area contributed by atoms with Crippen LogP contribution in [0.2, 0.25) is 0 Å². The van der Waals surface area contributed by atoms with Crippen molar-refractivity contribution in [2.24, 2.45) is 47.3 Å². The Kier molecular flexibility index (Phi) is 16.6. The third-order valence-corrected chi connectivity index (χ3v) is 15.4. The predicted molar refractivity (Wildman–Crippen MR) is 264 cm³/mol. The summed E-state index contributed by atoms with van der Waals surface area (Å²) in [6, 6.07) is -0.438. The number of aliphatic hydroxyl groups is 1. The zero-order valence-corrected chi connectivity index (χ0v) is 41.7. The Balaban J connectivity index is 1.21. The van der Waals surface area contributed by atoms with E-state index in [1.54, 1.807) is 6.92 Å². The summed E-state index contributed by atoms with van der Waals surface area (Å²) in [6.45, 7) is 23.9. The highest BCUT2D eigenvalue weighted by Gasteiger charge is 2.47. The molecular weight excluding hydrogens is 813 g/mol. The molecule has 65 heavy (non-hydrogen) atoms. The molecular formula is C55H80N4O6. The maximum Gasteiger partial charge on any atom is 0.320 e. The molecule has 8 atom stereocenters. The van der Waals surface area contributed by atoms with Gasteiger partial charge in [0.15, 0.2) is 5.78 Å². The van der Waals surface area contributed by atoms with Gasteiger partial charge in [0.05, 0.1) is 24.2 Å². The SMILES string of the molecule is CC[C@H]1/C2=C/c3[nH]c4c(c3C)=C(O)[C@H](C(=O)OC)C=4C3N/C(=C\c4[nH]c(c(C(C)=O)c4C)/C=C(\N2)[C@@H]1C)[C@@H](C)[C@@H]3CCC(=O)OC/C=C(/C)CCC[C@H](C)CCC[C@H](C)CCCC(C)C. The number of methoxy groups -OCH3 is 1. The number of esters is 2. The number of allylic oxidation sites excluding steroid dienone is 4. The molecule has 10 heteroatoms. The molecule has 2 aromatic rings. The van der Waals surface area contributed by atoms with Gasteiger partial charge in [-0.2, -0.15) is 0 Å². The molecule has 4 aliphatic rings. The third-order valence-electron chi connectivity index (χ3n) is 15.4. The van der Waals surface area contributed by atoms with E-state index in [-0.39, 0.29) is 54.2 Å². The van der Waals surface area contributed by atoms with Crippen molar-refractivity contribution in [1.29, 1.82) is 0 Å². The summed E-state index contributed by atoms with van der Waals surface area (Å²) in [4.78, 5) is 47.6. The number of ether oxygens (including phenoxy) is 2. The van der Waals surface area contributed by atoms with Crippen LogP contribution in [0.4, 0.5) is 0 Å². The van der Waals surface area contributed by atoms with Crippen molar-refractivity contribution in [1.82, 2.24) is 20.6 Å². The standard InChI is InChI=1S/C55H80N4O6/c1-13-39-34(7)41-29-46-48(38(11)60)36(9)43(57-46)27-42-35(8)40(52(58-42)50-51(55(63)64-12)54(62)49-37(10)44(59-53(49)50)28-45(39)56-41)23-24-47(61)65-26-25-33(6)22-16-21-32(5)20-15-19-31(4)18-14-17-30(2)3/h25,27-32,34-35,39-40,51-52,56-59,62H,13-24,26H2,1-12H3/b33-25-,41-29-,42-27-,45-28-/t31-,32-,34-,35+,39-,40+,51-,52?/m1/s1. The van der Waals surface area contributed by atoms with E-state index in [0.29, 0.717) is 28.1 Å². The van der Waals surface area contributed by atoms with Crippen molar-refractivity contribution in [3.8, 4) is 0 Å². The van der Waals surface area contributed by atoms with Crippen LogP contribution < -0.4 is 21.2 Å². The zero-order valence-electron chi connectivity index (χ0n) is 41.7. The summed E-state index contributed by atoms with van der Waals surface area (Å²) in [5.41, 5.74) is 9.71. The van der Waals surface area contributed by atoms with Crippen LogP contribution in [-0.4, -0.2) is 52.6 Å². The normalized spacial score (nSPS) is 25.9. The van der Waals surface area contributed by atoms with Gasteiger partial charge < -0.3 is 35.2 Å². The average molecular weight is 893 g/mol. The monoisotopic (exact) mass is 893 g/mol. The summed E-state index contributed by atoms with van der Waals surface area (Å²) in [7, 11) is 1.35. The quantitative estimate of drug-likeness (QED) is 0.0502. The number of ketones is 1. The molecule has 2 saturated heterocycles. The van der Waals surface area contributed by atoms with Gasteiger partial charge in [0, 0.05) is 63.4 Å². The molecule has 1 unspecified atom stereocenters. The minimum atomic E-state index is -1.02. The molecule has 0 amide bonds. The van der Waals surface area contributed by atoms with Gasteiger partial charge in [0.1, 0.15) is 18.3 Å². The maximum atomic E-state index is 13.7. The minimum absolute atomic E-state index is 0.0169. The van der Waals surface area contributed by atoms with Gasteiger partial charge >= 0.3 is 11.9 Å². The minimum Gasteiger partial charge on any atom is -0.510 e. The molecule has 3 aliphatic heterocycles. The molecule has 2 fully saturated rings. The Morgan fingerprint density at radius 2 is 1.43 bits per heavy atom. The van der Waals surface area contributed by atoms with Crippen LogP contribution in [0.3, 0.4) is 0 Å². The number of Topliss-reactive ketones (excluding diaryl/α,β-unsaturated/α-hetero) is 1. The Morgan fingerprint density at radius 3 is 2.08 bits per heavy atom. The number of hydrogen-bond donors (Lipinski definition) is 5. The molecule has 0 saturated carbocycles. The Labute approximate surface area is 389 Å². The first-order valence-electron chi connectivity index (χ1n) is 24.9. The Bertz CT molecular complexity index is 2340. The highest BCUT2D eigenvalue weighted by molar-refractivity contribution is 6.00. The topological polar surface area (TPSA) is 146 Å². The largest absolute Gasteiger partial charge is 0.510 e. The van der Waals surface area contributed by atoms with Gasteiger partial charge in [-0.25, -0.2) is 0 Å². The fourth-order valence-electron chi connectivity index (χ4n) is 11.3. The van der Waals surface area contributed by atoms with E-state index in [1.165, 1.54) is 57.6 Å². The van der Waals surface area contributed by atoms with E-state index in [1.807, 2.05) is 19.9 Å². The van der Waals surface area contributed by atoms with E-state index in [0.717, 1.165) is 82.3 Å². The van der Waals surface area contributed by atoms with Crippen molar-refractivity contribution in [2.75, 3.05) is 13.7 Å². The van der Waals surface area contributed by atoms with Gasteiger partial charge in [-0.3, -0.25) is 14.4 Å². The molecule has 8 bridgehead atoms. The molecule has 5 heterocycles. The molecule has 0 spiro atoms. The van der Waals surface area contributed by atoms with E-state index in [4.69, 9.17) is 9.47 Å². The highest BCUT2D eigenvalue weighted by atomic mass is 16.5. The number of aromatic nitrogens is 2. The first-order chi connectivity index (χ1) is 30.9. The Morgan fingerprint density at radius 1 is 0.800 bits per heavy atom. The first-order valence-corrected chi connectivity index (χ1v) is 24.9. The summed E-state index contributed by atoms with van der Waals surface area (Å²) >= 11 is 0. The molecule has 356 valence electrons. The fourth-order valence-corrected chi connectivity index (χ4v) is 11.3. The van der Waals surface area contributed by atoms with Gasteiger partial charge in [-0.1, -0.05) is 99.0 Å². The molecule has 0 aromatic carbocycles. The van der Waals surface area contributed by atoms with Crippen molar-refractivity contribution in [3.63, 3.8) is 0 Å². The van der Waals surface area contributed by atoms with E-state index in [2.05, 4.69) is 94.2 Å². The summed E-state index contributed by atoms with van der Waals surface area (Å²) < 4.78 is 11.2. The molecule has 1 aliphatic carbocycles. The van der Waals surface area contributed by atoms with Crippen LogP contribution in [0, 0.1) is 61.2 Å². The van der Waals surface area contributed by atoms with E-state index < -0.39 is 17.9 Å². The highest BCUT2D eigenvalue weighted by Crippen LogP contribution is 2.43. The summed E-state index contributed by atoms with van der Waals surface area (Å²) in [6.07, 6.45) is 21.2. The van der Waals surface area contributed by atoms with Crippen LogP contribution in [-0.2, 0) is 19.1 Å². The number of nitrogens with one attached hydrogen (secondary N) is 4. The van der Waals surface area contributed by atoms with Crippen LogP contribution in [0.25, 0.3) is 29.6 Å². The summed E-state index contributed by atoms with van der Waals surface area (Å²) in [5, 5.41) is 20.8. The Hall–Kier alpha value is -4.73. The average Bonchev–Trinajstić information content (AvgIpc) is 4.00. The predicted octanol–water partition coefficient (Wildman–Crippen LogP) is 10.7. The van der Waals surface area contributed by atoms with Crippen molar-refractivity contribution < 1.29 is 29.0 Å². The summed E-state index contributed by atoms with van der Waals surface area (Å²) in [5.74, 6) is 0.576. The number of hydrogen-bond acceptors (Lipinski definition) is 8. The third kappa shape index (κ3) is 11.1. The second kappa shape index (κ2) is 21.7. The van der Waals surface area contributed by atoms with Crippen molar-refractivity contribution in [3.05, 3.63) is 73.1 Å². The van der Waals surface area contributed by atoms with Crippen LogP contribution in [0.15, 0.2) is 28.7 Å². The number of rotatable bonds is 20. The van der Waals surface area contributed by atoms with E-state index >= 15 is 0 Å². The first kappa shape index (κ1) is 49.7. The fraction of sp³-hybridized carbons (Fsp3) is 0.618. The van der Waals surface area contributed by atoms with Gasteiger partial charge in [0.2, 0.25) is 0 Å². The maximum absolute atomic E-state index is 13.7. The number of H-pyrrole nitrogens is 2. The van der Waals surface area contributed by atoms with Crippen molar-refractivity contribution >= 4 is 47.3 Å². The van der Waals surface area contributed by atoms with Crippen LogP contribution >= 0.6 is 0 Å². The number of carbonyl (C=O) groups excluding carboxylic acids is 3. The molecule has 0 radical (unpaired) electrons. The van der Waals surface area contributed by atoms with Crippen LogP contribution in [0.1, 0.15) is 178 Å². The molecule has 2 aromatic heterocycles. The van der Waals surface area contributed by atoms with Crippen molar-refractivity contribution in [2.45, 2.75) is 159 Å². The number of fused-ring (bicyclic) bond motifs is 8. The van der Waals surface area contributed by atoms with Crippen LogP contribution in [0.5, 0.6) is 0 Å². The second-order valence-corrected chi connectivity index (χ2v) is 20.7. The van der Waals surface area contributed by atoms with Gasteiger partial charge in [0.25, 0.3) is 0 Å². The molecule has 10 nitrogen and oxygen atoms in total. The molecule has 6 rings (SSSR count). The smallest absolute Gasteiger partial charge is 0.320 e. The lowest BCUT2D eigenvalue weighted by Gasteiger charge is -2.26. The second-order valence-electron chi connectivity index (χ2n) is 20.7. The lowest BCUT2D eigenvalue weighted by Crippen LogP contribution is -2.38. The van der Waals surface area contributed by atoms with Gasteiger partial charge in [-0.15, -0.1) is 0 Å². The lowest BCUT2D eigenvalue weighted by atomic mass is 9.80. The number of aromatic amines is 2.